The fourth-order valence-corrected chi connectivity index (χ4v) is 4.21. The van der Waals surface area contributed by atoms with Crippen molar-refractivity contribution in [2.75, 3.05) is 40.6 Å². The van der Waals surface area contributed by atoms with Crippen LogP contribution in [0.3, 0.4) is 0 Å². The van der Waals surface area contributed by atoms with Gasteiger partial charge in [-0.1, -0.05) is 20.8 Å². The summed E-state index contributed by atoms with van der Waals surface area (Å²) in [6, 6.07) is 0. The number of hydrogen-bond donors (Lipinski definition) is 0. The monoisotopic (exact) mass is 300 g/mol. The molecule has 124 valence electrons. The highest BCUT2D eigenvalue weighted by atomic mass is 16.5. The predicted molar refractivity (Wildman–Crippen MR) is 82.5 cm³/mol. The van der Waals surface area contributed by atoms with Gasteiger partial charge in [-0.15, -0.1) is 0 Å². The van der Waals surface area contributed by atoms with Crippen LogP contribution in [0.2, 0.25) is 0 Å². The maximum absolute atomic E-state index is 5.99. The first kappa shape index (κ1) is 17.2. The van der Waals surface area contributed by atoms with Gasteiger partial charge in [-0.25, -0.2) is 0 Å². The lowest BCUT2D eigenvalue weighted by molar-refractivity contribution is -0.244. The van der Waals surface area contributed by atoms with Crippen LogP contribution >= 0.6 is 0 Å². The van der Waals surface area contributed by atoms with Crippen molar-refractivity contribution in [3.63, 3.8) is 0 Å². The Hall–Kier alpha value is -0.160. The van der Waals surface area contributed by atoms with Gasteiger partial charge in [0.2, 0.25) is 0 Å². The molecule has 0 aromatic rings. The SMILES string of the molecule is CCC(C(OC)C1(CC)COC1)C(OC)C1(CC)COC1. The molecule has 2 rings (SSSR count). The molecule has 2 aliphatic rings. The van der Waals surface area contributed by atoms with Crippen molar-refractivity contribution in [2.45, 2.75) is 52.2 Å². The summed E-state index contributed by atoms with van der Waals surface area (Å²) >= 11 is 0. The molecular weight excluding hydrogens is 268 g/mol. The van der Waals surface area contributed by atoms with E-state index >= 15 is 0 Å². The Labute approximate surface area is 129 Å². The average Bonchev–Trinajstić information content (AvgIpc) is 2.42. The number of ether oxygens (including phenoxy) is 4. The molecule has 0 N–H and O–H groups in total. The van der Waals surface area contributed by atoms with Gasteiger partial charge in [-0.2, -0.15) is 0 Å². The zero-order chi connectivity index (χ0) is 15.5. The third-order valence-electron chi connectivity index (χ3n) is 5.93. The van der Waals surface area contributed by atoms with E-state index < -0.39 is 0 Å². The van der Waals surface area contributed by atoms with Crippen molar-refractivity contribution in [1.82, 2.24) is 0 Å². The summed E-state index contributed by atoms with van der Waals surface area (Å²) in [4.78, 5) is 0. The molecule has 2 atom stereocenters. The maximum atomic E-state index is 5.99. The third-order valence-corrected chi connectivity index (χ3v) is 5.93. The topological polar surface area (TPSA) is 36.9 Å². The second-order valence-electron chi connectivity index (χ2n) is 6.80. The van der Waals surface area contributed by atoms with Crippen LogP contribution in [0.5, 0.6) is 0 Å². The van der Waals surface area contributed by atoms with Gasteiger partial charge in [0.25, 0.3) is 0 Å². The first-order valence-electron chi connectivity index (χ1n) is 8.34. The normalized spacial score (nSPS) is 27.3. The summed E-state index contributed by atoms with van der Waals surface area (Å²) in [6.45, 7) is 9.97. The highest BCUT2D eigenvalue weighted by molar-refractivity contribution is 5.02. The van der Waals surface area contributed by atoms with Crippen LogP contribution in [-0.2, 0) is 18.9 Å². The molecule has 0 radical (unpaired) electrons. The van der Waals surface area contributed by atoms with Crippen molar-refractivity contribution in [1.29, 1.82) is 0 Å². The molecule has 2 heterocycles. The van der Waals surface area contributed by atoms with Crippen LogP contribution in [0.15, 0.2) is 0 Å². The molecule has 0 spiro atoms. The van der Waals surface area contributed by atoms with Crippen LogP contribution in [-0.4, -0.2) is 52.9 Å². The summed E-state index contributed by atoms with van der Waals surface area (Å²) in [5.74, 6) is 0.382. The molecule has 21 heavy (non-hydrogen) atoms. The number of methoxy groups -OCH3 is 2. The molecule has 0 aliphatic carbocycles. The second kappa shape index (κ2) is 6.95. The molecule has 0 saturated carbocycles. The molecule has 2 fully saturated rings. The fourth-order valence-electron chi connectivity index (χ4n) is 4.21. The van der Waals surface area contributed by atoms with Gasteiger partial charge < -0.3 is 18.9 Å². The molecule has 2 saturated heterocycles. The first-order chi connectivity index (χ1) is 10.1. The van der Waals surface area contributed by atoms with Crippen LogP contribution in [0.25, 0.3) is 0 Å². The van der Waals surface area contributed by atoms with E-state index in [1.165, 1.54) is 0 Å². The summed E-state index contributed by atoms with van der Waals surface area (Å²) in [7, 11) is 3.68. The predicted octanol–water partition coefficient (Wildman–Crippen LogP) is 2.90. The van der Waals surface area contributed by atoms with E-state index in [2.05, 4.69) is 20.8 Å². The van der Waals surface area contributed by atoms with E-state index in [1.54, 1.807) is 0 Å². The average molecular weight is 300 g/mol. The lowest BCUT2D eigenvalue weighted by Crippen LogP contribution is -2.61. The molecule has 0 amide bonds. The van der Waals surface area contributed by atoms with E-state index in [0.717, 1.165) is 45.7 Å². The Morgan fingerprint density at radius 1 is 0.810 bits per heavy atom. The first-order valence-corrected chi connectivity index (χ1v) is 8.34. The Morgan fingerprint density at radius 2 is 1.19 bits per heavy atom. The van der Waals surface area contributed by atoms with Crippen molar-refractivity contribution in [3.05, 3.63) is 0 Å². The van der Waals surface area contributed by atoms with Crippen molar-refractivity contribution in [2.24, 2.45) is 16.7 Å². The van der Waals surface area contributed by atoms with Gasteiger partial charge in [-0.05, 0) is 19.3 Å². The van der Waals surface area contributed by atoms with Gasteiger partial charge in [0.15, 0.2) is 0 Å². The minimum absolute atomic E-state index is 0.158. The van der Waals surface area contributed by atoms with Gasteiger partial charge in [0.1, 0.15) is 0 Å². The van der Waals surface area contributed by atoms with E-state index in [9.17, 15) is 0 Å². The highest BCUT2D eigenvalue weighted by Gasteiger charge is 2.55. The lowest BCUT2D eigenvalue weighted by atomic mass is 9.64. The summed E-state index contributed by atoms with van der Waals surface area (Å²) in [5, 5.41) is 0. The van der Waals surface area contributed by atoms with Gasteiger partial charge in [0.05, 0.1) is 38.6 Å². The van der Waals surface area contributed by atoms with Gasteiger partial charge >= 0.3 is 0 Å². The van der Waals surface area contributed by atoms with E-state index in [1.807, 2.05) is 14.2 Å². The molecule has 4 heteroatoms. The Balaban J connectivity index is 2.22. The van der Waals surface area contributed by atoms with Gasteiger partial charge in [0, 0.05) is 31.0 Å². The smallest absolute Gasteiger partial charge is 0.0724 e. The van der Waals surface area contributed by atoms with Crippen LogP contribution in [0, 0.1) is 16.7 Å². The van der Waals surface area contributed by atoms with Crippen LogP contribution in [0.4, 0.5) is 0 Å². The van der Waals surface area contributed by atoms with Crippen molar-refractivity contribution in [3.8, 4) is 0 Å². The van der Waals surface area contributed by atoms with Gasteiger partial charge in [-0.3, -0.25) is 0 Å². The molecule has 2 aliphatic heterocycles. The van der Waals surface area contributed by atoms with E-state index in [-0.39, 0.29) is 23.0 Å². The standard InChI is InChI=1S/C17H32O4/c1-6-13(14(18-4)16(7-2)9-20-10-16)15(19-5)17(8-3)11-21-12-17/h13-15H,6-12H2,1-5H3. The highest BCUT2D eigenvalue weighted by Crippen LogP contribution is 2.47. The quantitative estimate of drug-likeness (QED) is 0.656. The summed E-state index contributed by atoms with van der Waals surface area (Å²) in [5.41, 5.74) is 0.317. The van der Waals surface area contributed by atoms with Crippen molar-refractivity contribution >= 4 is 0 Å². The largest absolute Gasteiger partial charge is 0.380 e. The van der Waals surface area contributed by atoms with Crippen molar-refractivity contribution < 1.29 is 18.9 Å². The molecule has 0 aromatic heterocycles. The zero-order valence-electron chi connectivity index (χ0n) is 14.3. The minimum atomic E-state index is 0.158. The minimum Gasteiger partial charge on any atom is -0.380 e. The van der Waals surface area contributed by atoms with E-state index in [4.69, 9.17) is 18.9 Å². The molecule has 0 bridgehead atoms. The lowest BCUT2D eigenvalue weighted by Gasteiger charge is -2.54. The number of hydrogen-bond acceptors (Lipinski definition) is 4. The zero-order valence-corrected chi connectivity index (χ0v) is 14.3. The molecule has 4 nitrogen and oxygen atoms in total. The maximum Gasteiger partial charge on any atom is 0.0724 e. The Kier molecular flexibility index (Phi) is 5.69. The summed E-state index contributed by atoms with van der Waals surface area (Å²) in [6.07, 6.45) is 3.62. The van der Waals surface area contributed by atoms with E-state index in [0.29, 0.717) is 5.92 Å². The fraction of sp³-hybridized carbons (Fsp3) is 1.00. The Morgan fingerprint density at radius 3 is 1.33 bits per heavy atom. The summed E-state index contributed by atoms with van der Waals surface area (Å²) < 4.78 is 23.0. The molecule has 0 aromatic carbocycles. The number of rotatable bonds is 9. The Bertz CT molecular complexity index is 282. The molecular formula is C17H32O4. The third kappa shape index (κ3) is 2.76. The second-order valence-corrected chi connectivity index (χ2v) is 6.80. The van der Waals surface area contributed by atoms with Crippen LogP contribution < -0.4 is 0 Å². The van der Waals surface area contributed by atoms with Crippen LogP contribution in [0.1, 0.15) is 40.0 Å². The molecule has 2 unspecified atom stereocenters.